The standard InChI is InChI=1S/C19H21ClN6OS/c1-13-10-17-22-23-19(26(17)14(2)21-13)28-12-18(27)25-8-6-24(7-9-25)16-5-3-4-15(20)11-16/h3-5,10-11H,6-9,12H2,1-2H3. The lowest BCUT2D eigenvalue weighted by atomic mass is 10.2. The van der Waals surface area contributed by atoms with Crippen LogP contribution >= 0.6 is 23.4 Å². The van der Waals surface area contributed by atoms with E-state index in [4.69, 9.17) is 11.6 Å². The average molecular weight is 417 g/mol. The highest BCUT2D eigenvalue weighted by Crippen LogP contribution is 2.22. The number of thioether (sulfide) groups is 1. The predicted molar refractivity (Wildman–Crippen MR) is 111 cm³/mol. The number of carbonyl (C=O) groups is 1. The van der Waals surface area contributed by atoms with Gasteiger partial charge in [0.15, 0.2) is 10.8 Å². The molecule has 1 saturated heterocycles. The molecule has 2 aromatic heterocycles. The number of hydrogen-bond acceptors (Lipinski definition) is 6. The highest BCUT2D eigenvalue weighted by atomic mass is 35.5. The van der Waals surface area contributed by atoms with Crippen molar-refractivity contribution in [2.75, 3.05) is 36.8 Å². The van der Waals surface area contributed by atoms with Crippen molar-refractivity contribution in [1.29, 1.82) is 0 Å². The van der Waals surface area contributed by atoms with Crippen LogP contribution in [0.5, 0.6) is 0 Å². The second kappa shape index (κ2) is 7.97. The van der Waals surface area contributed by atoms with Crippen LogP contribution in [0, 0.1) is 13.8 Å². The van der Waals surface area contributed by atoms with Gasteiger partial charge < -0.3 is 9.80 Å². The minimum Gasteiger partial charge on any atom is -0.368 e. The first kappa shape index (κ1) is 19.0. The van der Waals surface area contributed by atoms with Gasteiger partial charge in [-0.25, -0.2) is 4.98 Å². The van der Waals surface area contributed by atoms with Gasteiger partial charge in [0.05, 0.1) is 5.75 Å². The smallest absolute Gasteiger partial charge is 0.233 e. The molecule has 7 nitrogen and oxygen atoms in total. The number of halogens is 1. The van der Waals surface area contributed by atoms with Crippen LogP contribution in [-0.4, -0.2) is 62.3 Å². The second-order valence-corrected chi connectivity index (χ2v) is 8.14. The van der Waals surface area contributed by atoms with Crippen molar-refractivity contribution in [2.45, 2.75) is 19.0 Å². The van der Waals surface area contributed by atoms with Crippen molar-refractivity contribution >= 4 is 40.6 Å². The Bertz CT molecular complexity index is 1010. The molecule has 3 heterocycles. The Morgan fingerprint density at radius 2 is 1.93 bits per heavy atom. The molecule has 0 radical (unpaired) electrons. The topological polar surface area (TPSA) is 66.6 Å². The molecule has 1 aliphatic heterocycles. The van der Waals surface area contributed by atoms with Crippen molar-refractivity contribution in [3.05, 3.63) is 46.9 Å². The summed E-state index contributed by atoms with van der Waals surface area (Å²) in [5, 5.41) is 9.84. The number of aromatic nitrogens is 4. The van der Waals surface area contributed by atoms with Crippen molar-refractivity contribution in [3.63, 3.8) is 0 Å². The van der Waals surface area contributed by atoms with Crippen molar-refractivity contribution in [1.82, 2.24) is 24.5 Å². The monoisotopic (exact) mass is 416 g/mol. The summed E-state index contributed by atoms with van der Waals surface area (Å²) in [5.74, 6) is 1.28. The van der Waals surface area contributed by atoms with E-state index in [0.717, 1.165) is 41.0 Å². The predicted octanol–water partition coefficient (Wildman–Crippen LogP) is 2.84. The van der Waals surface area contributed by atoms with Gasteiger partial charge in [-0.2, -0.15) is 0 Å². The zero-order valence-electron chi connectivity index (χ0n) is 15.8. The number of anilines is 1. The molecule has 1 fully saturated rings. The zero-order valence-corrected chi connectivity index (χ0v) is 17.4. The van der Waals surface area contributed by atoms with Gasteiger partial charge in [0, 0.05) is 48.6 Å². The number of fused-ring (bicyclic) bond motifs is 1. The molecule has 28 heavy (non-hydrogen) atoms. The minimum atomic E-state index is 0.116. The van der Waals surface area contributed by atoms with Gasteiger partial charge in [-0.3, -0.25) is 9.20 Å². The van der Waals surface area contributed by atoms with Gasteiger partial charge in [0.2, 0.25) is 5.91 Å². The molecule has 9 heteroatoms. The van der Waals surface area contributed by atoms with E-state index in [1.54, 1.807) is 0 Å². The fourth-order valence-corrected chi connectivity index (χ4v) is 4.47. The Labute approximate surface area is 172 Å². The molecular weight excluding hydrogens is 396 g/mol. The summed E-state index contributed by atoms with van der Waals surface area (Å²) in [7, 11) is 0. The van der Waals surface area contributed by atoms with Crippen molar-refractivity contribution < 1.29 is 4.79 Å². The highest BCUT2D eigenvalue weighted by molar-refractivity contribution is 7.99. The number of benzene rings is 1. The normalized spacial score (nSPS) is 14.7. The lowest BCUT2D eigenvalue weighted by molar-refractivity contribution is -0.128. The third kappa shape index (κ3) is 3.93. The molecular formula is C19H21ClN6OS. The molecule has 0 N–H and O–H groups in total. The Hall–Kier alpha value is -2.32. The molecule has 0 saturated carbocycles. The lowest BCUT2D eigenvalue weighted by Crippen LogP contribution is -2.49. The van der Waals surface area contributed by atoms with Gasteiger partial charge >= 0.3 is 0 Å². The fourth-order valence-electron chi connectivity index (χ4n) is 3.40. The Morgan fingerprint density at radius 1 is 1.14 bits per heavy atom. The van der Waals surface area contributed by atoms with Gasteiger partial charge in [-0.15, -0.1) is 10.2 Å². The first-order chi connectivity index (χ1) is 13.5. The van der Waals surface area contributed by atoms with E-state index in [2.05, 4.69) is 20.1 Å². The van der Waals surface area contributed by atoms with Crippen LogP contribution in [0.15, 0.2) is 35.5 Å². The molecule has 0 unspecified atom stereocenters. The molecule has 1 amide bonds. The van der Waals surface area contributed by atoms with Gasteiger partial charge in [0.25, 0.3) is 0 Å². The van der Waals surface area contributed by atoms with E-state index >= 15 is 0 Å². The summed E-state index contributed by atoms with van der Waals surface area (Å²) in [6.45, 7) is 6.85. The van der Waals surface area contributed by atoms with Crippen LogP contribution in [0.4, 0.5) is 5.69 Å². The number of hydrogen-bond donors (Lipinski definition) is 0. The van der Waals surface area contributed by atoms with Crippen molar-refractivity contribution in [3.8, 4) is 0 Å². The Balaban J connectivity index is 1.35. The number of aryl methyl sites for hydroxylation is 2. The first-order valence-electron chi connectivity index (χ1n) is 9.12. The molecule has 1 aromatic carbocycles. The largest absolute Gasteiger partial charge is 0.368 e. The van der Waals surface area contributed by atoms with E-state index in [-0.39, 0.29) is 5.91 Å². The number of rotatable bonds is 4. The Morgan fingerprint density at radius 3 is 2.68 bits per heavy atom. The van der Waals surface area contributed by atoms with Gasteiger partial charge in [-0.05, 0) is 32.0 Å². The van der Waals surface area contributed by atoms with E-state index in [0.29, 0.717) is 24.0 Å². The highest BCUT2D eigenvalue weighted by Gasteiger charge is 2.22. The molecule has 0 atom stereocenters. The molecule has 4 rings (SSSR count). The maximum absolute atomic E-state index is 12.7. The molecule has 0 aliphatic carbocycles. The minimum absolute atomic E-state index is 0.116. The number of piperazine rings is 1. The molecule has 3 aromatic rings. The van der Waals surface area contributed by atoms with Crippen LogP contribution in [0.25, 0.3) is 5.65 Å². The Kier molecular flexibility index (Phi) is 5.41. The van der Waals surface area contributed by atoms with Crippen LogP contribution in [0.2, 0.25) is 5.02 Å². The first-order valence-corrected chi connectivity index (χ1v) is 10.5. The van der Waals surface area contributed by atoms with E-state index in [9.17, 15) is 4.79 Å². The molecule has 0 spiro atoms. The van der Waals surface area contributed by atoms with E-state index in [1.165, 1.54) is 11.8 Å². The third-order valence-corrected chi connectivity index (χ3v) is 5.94. The summed E-state index contributed by atoms with van der Waals surface area (Å²) >= 11 is 7.49. The number of carbonyl (C=O) groups excluding carboxylic acids is 1. The maximum atomic E-state index is 12.7. The molecule has 0 bridgehead atoms. The van der Waals surface area contributed by atoms with Crippen LogP contribution < -0.4 is 4.90 Å². The number of nitrogens with zero attached hydrogens (tertiary/aromatic N) is 6. The summed E-state index contributed by atoms with van der Waals surface area (Å²) < 4.78 is 1.89. The summed E-state index contributed by atoms with van der Waals surface area (Å²) in [6.07, 6.45) is 0. The molecule has 1 aliphatic rings. The van der Waals surface area contributed by atoms with E-state index < -0.39 is 0 Å². The van der Waals surface area contributed by atoms with Crippen LogP contribution in [0.1, 0.15) is 11.5 Å². The van der Waals surface area contributed by atoms with Gasteiger partial charge in [0.1, 0.15) is 5.82 Å². The fraction of sp³-hybridized carbons (Fsp3) is 0.368. The summed E-state index contributed by atoms with van der Waals surface area (Å²) in [6, 6.07) is 9.72. The lowest BCUT2D eigenvalue weighted by Gasteiger charge is -2.36. The van der Waals surface area contributed by atoms with Crippen LogP contribution in [-0.2, 0) is 4.79 Å². The van der Waals surface area contributed by atoms with Crippen molar-refractivity contribution in [2.24, 2.45) is 0 Å². The average Bonchev–Trinajstić information content (AvgIpc) is 3.09. The molecule has 146 valence electrons. The summed E-state index contributed by atoms with van der Waals surface area (Å²) in [5.41, 5.74) is 2.76. The van der Waals surface area contributed by atoms with Crippen LogP contribution in [0.3, 0.4) is 0 Å². The summed E-state index contributed by atoms with van der Waals surface area (Å²) in [4.78, 5) is 21.3. The van der Waals surface area contributed by atoms with E-state index in [1.807, 2.05) is 53.5 Å². The maximum Gasteiger partial charge on any atom is 0.233 e. The third-order valence-electron chi connectivity index (χ3n) is 4.79. The second-order valence-electron chi connectivity index (χ2n) is 6.76. The van der Waals surface area contributed by atoms with Gasteiger partial charge in [-0.1, -0.05) is 29.4 Å². The SMILES string of the molecule is Cc1cc2nnc(SCC(=O)N3CCN(c4cccc(Cl)c4)CC3)n2c(C)n1. The zero-order chi connectivity index (χ0) is 19.7. The quantitative estimate of drug-likeness (QED) is 0.609. The number of amides is 1.